The zero-order valence-electron chi connectivity index (χ0n) is 19.2. The van der Waals surface area contributed by atoms with Gasteiger partial charge in [0, 0.05) is 11.6 Å². The van der Waals surface area contributed by atoms with Crippen LogP contribution in [0.1, 0.15) is 44.1 Å². The highest BCUT2D eigenvalue weighted by molar-refractivity contribution is 9.09. The van der Waals surface area contributed by atoms with Gasteiger partial charge in [-0.1, -0.05) is 76.6 Å². The second-order valence-electron chi connectivity index (χ2n) is 9.50. The van der Waals surface area contributed by atoms with E-state index in [0.717, 1.165) is 27.2 Å². The van der Waals surface area contributed by atoms with Crippen LogP contribution in [0.2, 0.25) is 0 Å². The number of amides is 3. The molecular weight excluding hydrogens is 524 g/mol. The van der Waals surface area contributed by atoms with Crippen LogP contribution in [0.15, 0.2) is 66.7 Å². The maximum atomic E-state index is 13.8. The van der Waals surface area contributed by atoms with Crippen LogP contribution in [0.4, 0.5) is 5.69 Å². The van der Waals surface area contributed by atoms with Crippen molar-refractivity contribution in [2.75, 3.05) is 11.9 Å². The summed E-state index contributed by atoms with van der Waals surface area (Å²) in [5, 5.41) is 13.9. The number of aromatic carboxylic acids is 1. The van der Waals surface area contributed by atoms with Gasteiger partial charge in [0.2, 0.25) is 17.7 Å². The van der Waals surface area contributed by atoms with E-state index >= 15 is 0 Å². The summed E-state index contributed by atoms with van der Waals surface area (Å²) in [6.45, 7) is 1.26. The van der Waals surface area contributed by atoms with Crippen LogP contribution in [0, 0.1) is 18.8 Å². The van der Waals surface area contributed by atoms with E-state index in [1.54, 1.807) is 13.0 Å². The molecule has 36 heavy (non-hydrogen) atoms. The van der Waals surface area contributed by atoms with Gasteiger partial charge in [0.1, 0.15) is 6.54 Å². The van der Waals surface area contributed by atoms with E-state index in [9.17, 15) is 24.3 Å². The highest BCUT2D eigenvalue weighted by Crippen LogP contribution is 2.66. The van der Waals surface area contributed by atoms with Gasteiger partial charge in [-0.15, -0.1) is 0 Å². The second kappa shape index (κ2) is 7.86. The molecule has 0 saturated carbocycles. The first-order valence-electron chi connectivity index (χ1n) is 11.6. The highest BCUT2D eigenvalue weighted by atomic mass is 79.9. The topological polar surface area (TPSA) is 107 Å². The Labute approximate surface area is 215 Å². The molecule has 1 saturated heterocycles. The standard InChI is InChI=1S/C28H21BrN2O5/c1-14-10-11-15(27(35)36)12-20(14)30-21(32)13-31-25(33)23-22-16-6-2-4-8-18(16)28(29,24(23)26(31)34)19-9-5-3-7-17(19)22/h2-12,22-24H,13H2,1H3,(H,30,32)(H,35,36)/p-1/t22?,23-,24+,28?/m1/s1. The van der Waals surface area contributed by atoms with Crippen molar-refractivity contribution in [1.29, 1.82) is 0 Å². The number of carbonyl (C=O) groups excluding carboxylic acids is 4. The van der Waals surface area contributed by atoms with Crippen molar-refractivity contribution >= 4 is 45.3 Å². The number of anilines is 1. The molecule has 3 aromatic rings. The molecule has 1 aliphatic heterocycles. The fourth-order valence-corrected chi connectivity index (χ4v) is 7.31. The molecular formula is C28H20BrN2O5-. The van der Waals surface area contributed by atoms with Crippen LogP contribution in [-0.4, -0.2) is 35.1 Å². The van der Waals surface area contributed by atoms with Gasteiger partial charge in [-0.3, -0.25) is 19.3 Å². The van der Waals surface area contributed by atoms with E-state index < -0.39 is 40.5 Å². The Morgan fingerprint density at radius 2 is 1.58 bits per heavy atom. The first kappa shape index (κ1) is 22.7. The van der Waals surface area contributed by atoms with Gasteiger partial charge in [-0.05, 0) is 46.4 Å². The smallest absolute Gasteiger partial charge is 0.244 e. The van der Waals surface area contributed by atoms with Gasteiger partial charge in [-0.25, -0.2) is 0 Å². The van der Waals surface area contributed by atoms with Crippen molar-refractivity contribution in [3.05, 3.63) is 100 Å². The average Bonchev–Trinajstić information content (AvgIpc) is 3.12. The molecule has 8 heteroatoms. The predicted molar refractivity (Wildman–Crippen MR) is 132 cm³/mol. The summed E-state index contributed by atoms with van der Waals surface area (Å²) in [5.41, 5.74) is 4.81. The molecule has 0 radical (unpaired) electrons. The van der Waals surface area contributed by atoms with Crippen molar-refractivity contribution < 1.29 is 24.3 Å². The molecule has 0 unspecified atom stereocenters. The Kier molecular flexibility index (Phi) is 4.95. The zero-order valence-corrected chi connectivity index (χ0v) is 20.7. The van der Waals surface area contributed by atoms with Gasteiger partial charge in [0.15, 0.2) is 0 Å². The van der Waals surface area contributed by atoms with Crippen LogP contribution < -0.4 is 10.4 Å². The lowest BCUT2D eigenvalue weighted by atomic mass is 9.55. The molecule has 2 atom stereocenters. The van der Waals surface area contributed by atoms with Crippen LogP contribution in [0.5, 0.6) is 0 Å². The minimum Gasteiger partial charge on any atom is -0.545 e. The Balaban J connectivity index is 1.35. The normalized spacial score (nSPS) is 25.3. The number of likely N-dealkylation sites (tertiary alicyclic amines) is 1. The highest BCUT2D eigenvalue weighted by Gasteiger charge is 2.67. The number of nitrogens with one attached hydrogen (secondary N) is 1. The third kappa shape index (κ3) is 2.97. The molecule has 180 valence electrons. The lowest BCUT2D eigenvalue weighted by Gasteiger charge is -2.51. The Morgan fingerprint density at radius 3 is 2.19 bits per heavy atom. The quantitative estimate of drug-likeness (QED) is 0.402. The van der Waals surface area contributed by atoms with E-state index in [2.05, 4.69) is 21.2 Å². The number of carbonyl (C=O) groups is 4. The molecule has 1 fully saturated rings. The van der Waals surface area contributed by atoms with Gasteiger partial charge >= 0.3 is 0 Å². The Bertz CT molecular complexity index is 1450. The predicted octanol–water partition coefficient (Wildman–Crippen LogP) is 2.70. The maximum absolute atomic E-state index is 13.8. The number of carboxylic acid groups (broad SMARTS) is 1. The van der Waals surface area contributed by atoms with E-state index in [1.165, 1.54) is 12.1 Å². The monoisotopic (exact) mass is 543 g/mol. The number of rotatable bonds is 4. The summed E-state index contributed by atoms with van der Waals surface area (Å²) in [5.74, 6) is -4.32. The van der Waals surface area contributed by atoms with Crippen LogP contribution in [0.25, 0.3) is 0 Å². The summed E-state index contributed by atoms with van der Waals surface area (Å²) in [7, 11) is 0. The minimum absolute atomic E-state index is 0.0800. The summed E-state index contributed by atoms with van der Waals surface area (Å²) in [6, 6.07) is 20.0. The summed E-state index contributed by atoms with van der Waals surface area (Å²) >= 11 is 3.92. The van der Waals surface area contributed by atoms with Crippen molar-refractivity contribution in [3.63, 3.8) is 0 Å². The van der Waals surface area contributed by atoms with Crippen LogP contribution in [-0.2, 0) is 18.7 Å². The number of alkyl halides is 1. The fourth-order valence-electron chi connectivity index (χ4n) is 6.11. The lowest BCUT2D eigenvalue weighted by molar-refractivity contribution is -0.255. The lowest BCUT2D eigenvalue weighted by Crippen LogP contribution is -2.50. The third-order valence-corrected chi connectivity index (χ3v) is 9.00. The van der Waals surface area contributed by atoms with Crippen LogP contribution >= 0.6 is 15.9 Å². The molecule has 2 bridgehead atoms. The minimum atomic E-state index is -1.36. The number of imide groups is 1. The molecule has 3 aliphatic carbocycles. The summed E-state index contributed by atoms with van der Waals surface area (Å²) < 4.78 is -0.878. The van der Waals surface area contributed by atoms with Crippen LogP contribution in [0.3, 0.4) is 0 Å². The molecule has 3 amide bonds. The SMILES string of the molecule is Cc1ccc(C(=O)[O-])cc1NC(=O)CN1C(=O)[C@@H]2C3c4ccccc4C(Br)(c4ccccc43)[C@@H]2C1=O. The Hall–Kier alpha value is -3.78. The molecule has 0 spiro atoms. The first-order chi connectivity index (χ1) is 17.2. The molecule has 4 aliphatic rings. The molecule has 7 rings (SSSR count). The largest absolute Gasteiger partial charge is 0.545 e. The van der Waals surface area contributed by atoms with Crippen molar-refractivity contribution in [2.24, 2.45) is 11.8 Å². The van der Waals surface area contributed by atoms with E-state index in [1.807, 2.05) is 48.5 Å². The second-order valence-corrected chi connectivity index (χ2v) is 10.7. The van der Waals surface area contributed by atoms with E-state index in [4.69, 9.17) is 0 Å². The maximum Gasteiger partial charge on any atom is 0.244 e. The molecule has 3 aromatic carbocycles. The average molecular weight is 544 g/mol. The molecule has 1 heterocycles. The summed E-state index contributed by atoms with van der Waals surface area (Å²) in [6.07, 6.45) is 0. The molecule has 7 nitrogen and oxygen atoms in total. The zero-order chi connectivity index (χ0) is 25.4. The van der Waals surface area contributed by atoms with Gasteiger partial charge < -0.3 is 15.2 Å². The van der Waals surface area contributed by atoms with Gasteiger partial charge in [-0.2, -0.15) is 0 Å². The number of aryl methyl sites for hydroxylation is 1. The fraction of sp³-hybridized carbons (Fsp3) is 0.214. The Morgan fingerprint density at radius 1 is 0.972 bits per heavy atom. The number of halogens is 1. The third-order valence-electron chi connectivity index (χ3n) is 7.65. The number of benzene rings is 3. The van der Waals surface area contributed by atoms with E-state index in [0.29, 0.717) is 5.56 Å². The van der Waals surface area contributed by atoms with Crippen molar-refractivity contribution in [2.45, 2.75) is 17.2 Å². The van der Waals surface area contributed by atoms with Gasteiger partial charge in [0.05, 0.1) is 22.1 Å². The first-order valence-corrected chi connectivity index (χ1v) is 12.4. The molecule has 0 aromatic heterocycles. The number of hydrogen-bond donors (Lipinski definition) is 1. The van der Waals surface area contributed by atoms with Crippen molar-refractivity contribution in [1.82, 2.24) is 4.90 Å². The van der Waals surface area contributed by atoms with Crippen molar-refractivity contribution in [3.8, 4) is 0 Å². The summed E-state index contributed by atoms with van der Waals surface area (Å²) in [4.78, 5) is 52.7. The number of hydrogen-bond acceptors (Lipinski definition) is 5. The van der Waals surface area contributed by atoms with E-state index in [-0.39, 0.29) is 23.1 Å². The number of nitrogens with zero attached hydrogens (tertiary/aromatic N) is 1. The molecule has 1 N–H and O–H groups in total. The number of carboxylic acids is 1. The van der Waals surface area contributed by atoms with Gasteiger partial charge in [0.25, 0.3) is 0 Å².